The molecule has 0 bridgehead atoms. The van der Waals surface area contributed by atoms with Crippen molar-refractivity contribution < 1.29 is 31.5 Å². The highest BCUT2D eigenvalue weighted by molar-refractivity contribution is 7.90. The summed E-state index contributed by atoms with van der Waals surface area (Å²) in [5, 5.41) is 9.22. The molecule has 0 amide bonds. The summed E-state index contributed by atoms with van der Waals surface area (Å²) in [6.07, 6.45) is -3.86. The van der Waals surface area contributed by atoms with Crippen molar-refractivity contribution in [3.63, 3.8) is 0 Å². The lowest BCUT2D eigenvalue weighted by atomic mass is 9.87. The summed E-state index contributed by atoms with van der Waals surface area (Å²) in [6.45, 7) is 5.80. The number of hydrogen-bond donors (Lipinski definition) is 1. The van der Waals surface area contributed by atoms with Crippen LogP contribution in [0.4, 0.5) is 13.2 Å². The Labute approximate surface area is 216 Å². The number of halogens is 4. The minimum Gasteiger partial charge on any atom is -0.478 e. The summed E-state index contributed by atoms with van der Waals surface area (Å²) >= 11 is 6.09. The topological polar surface area (TPSA) is 89.3 Å². The van der Waals surface area contributed by atoms with Crippen molar-refractivity contribution in [2.45, 2.75) is 43.7 Å². The van der Waals surface area contributed by atoms with Gasteiger partial charge in [0.2, 0.25) is 0 Å². The van der Waals surface area contributed by atoms with Crippen LogP contribution in [0.5, 0.6) is 0 Å². The maximum Gasteiger partial charge on any atom is 0.433 e. The van der Waals surface area contributed by atoms with Crippen molar-refractivity contribution in [1.29, 1.82) is 0 Å². The Morgan fingerprint density at radius 2 is 1.76 bits per heavy atom. The Kier molecular flexibility index (Phi) is 6.62. The second kappa shape index (κ2) is 9.18. The summed E-state index contributed by atoms with van der Waals surface area (Å²) in [6, 6.07) is 12.7. The molecule has 11 heteroatoms. The second-order valence-electron chi connectivity index (χ2n) is 9.61. The molecule has 4 rings (SSSR count). The molecule has 0 saturated heterocycles. The normalized spacial score (nSPS) is 12.7. The summed E-state index contributed by atoms with van der Waals surface area (Å²) < 4.78 is 68.8. The van der Waals surface area contributed by atoms with Crippen LogP contribution in [-0.2, 0) is 28.0 Å². The molecule has 0 unspecified atom stereocenters. The Morgan fingerprint density at radius 1 is 1.05 bits per heavy atom. The van der Waals surface area contributed by atoms with Crippen molar-refractivity contribution in [3.8, 4) is 0 Å². The molecule has 0 saturated carbocycles. The van der Waals surface area contributed by atoms with Crippen molar-refractivity contribution in [2.24, 2.45) is 0 Å². The zero-order valence-electron chi connectivity index (χ0n) is 20.0. The fourth-order valence-corrected chi connectivity index (χ4v) is 5.84. The fraction of sp³-hybridized carbons (Fsp3) is 0.231. The van der Waals surface area contributed by atoms with E-state index in [0.29, 0.717) is 5.56 Å². The van der Waals surface area contributed by atoms with Crippen LogP contribution >= 0.6 is 11.6 Å². The molecule has 1 N–H and O–H groups in total. The van der Waals surface area contributed by atoms with Crippen LogP contribution in [0.3, 0.4) is 0 Å². The van der Waals surface area contributed by atoms with Gasteiger partial charge in [0, 0.05) is 17.5 Å². The molecule has 0 atom stereocenters. The number of hydrogen-bond acceptors (Lipinski definition) is 4. The van der Waals surface area contributed by atoms with Crippen molar-refractivity contribution in [2.75, 3.05) is 0 Å². The Balaban J connectivity index is 1.93. The second-order valence-corrected chi connectivity index (χ2v) is 11.8. The minimum absolute atomic E-state index is 0.0163. The lowest BCUT2D eigenvalue weighted by molar-refractivity contribution is -0.141. The monoisotopic (exact) mass is 550 g/mol. The van der Waals surface area contributed by atoms with E-state index in [1.807, 2.05) is 20.8 Å². The molecule has 2 heterocycles. The Hall–Kier alpha value is -3.37. The summed E-state index contributed by atoms with van der Waals surface area (Å²) in [7, 11) is -4.27. The summed E-state index contributed by atoms with van der Waals surface area (Å²) in [4.78, 5) is 14.7. The van der Waals surface area contributed by atoms with E-state index >= 15 is 0 Å². The van der Waals surface area contributed by atoms with Gasteiger partial charge in [0.05, 0.1) is 27.2 Å². The first-order chi connectivity index (χ1) is 17.1. The molecule has 2 aromatic carbocycles. The first-order valence-electron chi connectivity index (χ1n) is 11.0. The van der Waals surface area contributed by atoms with Gasteiger partial charge < -0.3 is 5.11 Å². The molecule has 0 aliphatic heterocycles. The number of aromatic carboxylic acids is 1. The molecule has 0 aliphatic rings. The molecule has 0 fully saturated rings. The Morgan fingerprint density at radius 3 is 2.35 bits per heavy atom. The van der Waals surface area contributed by atoms with E-state index in [9.17, 15) is 31.5 Å². The predicted molar refractivity (Wildman–Crippen MR) is 134 cm³/mol. The number of benzene rings is 2. The van der Waals surface area contributed by atoms with E-state index in [1.54, 1.807) is 18.2 Å². The third-order valence-electron chi connectivity index (χ3n) is 5.89. The van der Waals surface area contributed by atoms with Crippen LogP contribution in [0.1, 0.15) is 53.6 Å². The van der Waals surface area contributed by atoms with Crippen LogP contribution in [0, 0.1) is 0 Å². The standard InChI is InChI=1S/C26H22ClF3N2O4S/c1-25(2,3)17-5-4-6-19(13-17)37(35,36)32-18(9-15-7-8-20(24(33)34)21(27)10-15)11-16-12-23(26(28,29)30)31-14-22(16)32/h4-8,10-14H,9H2,1-3H3,(H,33,34). The van der Waals surface area contributed by atoms with E-state index in [4.69, 9.17) is 11.6 Å². The zero-order valence-corrected chi connectivity index (χ0v) is 21.5. The average molecular weight is 551 g/mol. The third kappa shape index (κ3) is 5.21. The molecule has 2 aromatic heterocycles. The van der Waals surface area contributed by atoms with Gasteiger partial charge in [0.1, 0.15) is 5.69 Å². The Bertz CT molecular complexity index is 1640. The van der Waals surface area contributed by atoms with Gasteiger partial charge in [-0.2, -0.15) is 13.2 Å². The molecule has 0 spiro atoms. The van der Waals surface area contributed by atoms with Gasteiger partial charge in [-0.1, -0.05) is 50.6 Å². The van der Waals surface area contributed by atoms with Crippen LogP contribution in [0.2, 0.25) is 5.02 Å². The van der Waals surface area contributed by atoms with Gasteiger partial charge in [-0.3, -0.25) is 0 Å². The maximum absolute atomic E-state index is 13.9. The van der Waals surface area contributed by atoms with Gasteiger partial charge in [-0.25, -0.2) is 22.2 Å². The number of aromatic nitrogens is 2. The molecular weight excluding hydrogens is 529 g/mol. The van der Waals surface area contributed by atoms with Crippen LogP contribution < -0.4 is 0 Å². The van der Waals surface area contributed by atoms with Gasteiger partial charge >= 0.3 is 12.1 Å². The zero-order chi connectivity index (χ0) is 27.3. The van der Waals surface area contributed by atoms with Gasteiger partial charge in [0.25, 0.3) is 10.0 Å². The SMILES string of the molecule is CC(C)(C)c1cccc(S(=O)(=O)n2c(Cc3ccc(C(=O)O)c(Cl)c3)cc3cc(C(F)(F)F)ncc32)c1. The van der Waals surface area contributed by atoms with Crippen molar-refractivity contribution in [3.05, 3.63) is 93.9 Å². The largest absolute Gasteiger partial charge is 0.478 e. The molecule has 4 aromatic rings. The lowest BCUT2D eigenvalue weighted by Crippen LogP contribution is -2.18. The quantitative estimate of drug-likeness (QED) is 0.305. The molecule has 6 nitrogen and oxygen atoms in total. The highest BCUT2D eigenvalue weighted by Gasteiger charge is 2.34. The van der Waals surface area contributed by atoms with Gasteiger partial charge in [-0.05, 0) is 52.9 Å². The molecule has 37 heavy (non-hydrogen) atoms. The minimum atomic E-state index is -4.71. The third-order valence-corrected chi connectivity index (χ3v) is 7.97. The van der Waals surface area contributed by atoms with Crippen LogP contribution in [-0.4, -0.2) is 28.5 Å². The molecule has 0 aliphatic carbocycles. The summed E-state index contributed by atoms with van der Waals surface area (Å²) in [5.41, 5.74) is -0.240. The van der Waals surface area contributed by atoms with E-state index in [2.05, 4.69) is 4.98 Å². The van der Waals surface area contributed by atoms with Gasteiger partial charge in [-0.15, -0.1) is 0 Å². The lowest BCUT2D eigenvalue weighted by Gasteiger charge is -2.20. The van der Waals surface area contributed by atoms with Crippen molar-refractivity contribution >= 4 is 38.5 Å². The van der Waals surface area contributed by atoms with E-state index in [0.717, 1.165) is 21.8 Å². The van der Waals surface area contributed by atoms with E-state index in [1.165, 1.54) is 30.3 Å². The smallest absolute Gasteiger partial charge is 0.433 e. The summed E-state index contributed by atoms with van der Waals surface area (Å²) in [5.74, 6) is -1.22. The van der Waals surface area contributed by atoms with Crippen LogP contribution in [0.15, 0.2) is 65.7 Å². The predicted octanol–water partition coefficient (Wildman–Crippen LogP) is 6.53. The van der Waals surface area contributed by atoms with E-state index in [-0.39, 0.29) is 43.9 Å². The molecular formula is C26H22ClF3N2O4S. The number of carboxylic acid groups (broad SMARTS) is 1. The number of fused-ring (bicyclic) bond motifs is 1. The highest BCUT2D eigenvalue weighted by Crippen LogP contribution is 2.34. The number of nitrogens with zero attached hydrogens (tertiary/aromatic N) is 2. The number of carboxylic acids is 1. The number of alkyl halides is 3. The number of rotatable bonds is 5. The molecule has 0 radical (unpaired) electrons. The van der Waals surface area contributed by atoms with Crippen molar-refractivity contribution in [1.82, 2.24) is 8.96 Å². The van der Waals surface area contributed by atoms with E-state index < -0.39 is 27.9 Å². The number of carbonyl (C=O) groups is 1. The van der Waals surface area contributed by atoms with Crippen LogP contribution in [0.25, 0.3) is 10.9 Å². The molecule has 194 valence electrons. The van der Waals surface area contributed by atoms with Gasteiger partial charge in [0.15, 0.2) is 0 Å². The number of pyridine rings is 1. The first kappa shape index (κ1) is 26.7. The fourth-order valence-electron chi connectivity index (χ4n) is 3.98. The maximum atomic E-state index is 13.9. The average Bonchev–Trinajstić information content (AvgIpc) is 3.15. The highest BCUT2D eigenvalue weighted by atomic mass is 35.5. The first-order valence-corrected chi connectivity index (χ1v) is 12.9.